The molecular formula is C19H32O3. The molecule has 126 valence electrons. The van der Waals surface area contributed by atoms with E-state index in [1.165, 1.54) is 44.9 Å². The largest absolute Gasteiger partial charge is 0.497 e. The highest BCUT2D eigenvalue weighted by molar-refractivity contribution is 5.39. The molecule has 1 aromatic rings. The first-order valence-electron chi connectivity index (χ1n) is 8.62. The lowest BCUT2D eigenvalue weighted by molar-refractivity contribution is 0.162. The van der Waals surface area contributed by atoms with Gasteiger partial charge in [0.1, 0.15) is 11.5 Å². The second kappa shape index (κ2) is 11.4. The summed E-state index contributed by atoms with van der Waals surface area (Å²) in [6.45, 7) is 2.24. The molecule has 3 nitrogen and oxygen atoms in total. The van der Waals surface area contributed by atoms with Crippen LogP contribution >= 0.6 is 0 Å². The van der Waals surface area contributed by atoms with Gasteiger partial charge in [-0.2, -0.15) is 0 Å². The molecule has 1 N–H and O–H groups in total. The second-order valence-corrected chi connectivity index (χ2v) is 5.93. The quantitative estimate of drug-likeness (QED) is 0.535. The summed E-state index contributed by atoms with van der Waals surface area (Å²) in [4.78, 5) is 0. The van der Waals surface area contributed by atoms with Crippen LogP contribution in [0.15, 0.2) is 18.2 Å². The van der Waals surface area contributed by atoms with Crippen molar-refractivity contribution >= 4 is 0 Å². The minimum atomic E-state index is -0.441. The van der Waals surface area contributed by atoms with E-state index in [9.17, 15) is 5.11 Å². The summed E-state index contributed by atoms with van der Waals surface area (Å²) >= 11 is 0. The van der Waals surface area contributed by atoms with Crippen molar-refractivity contribution < 1.29 is 14.6 Å². The van der Waals surface area contributed by atoms with E-state index in [1.807, 2.05) is 18.2 Å². The molecule has 0 radical (unpaired) electrons. The second-order valence-electron chi connectivity index (χ2n) is 5.93. The van der Waals surface area contributed by atoms with Gasteiger partial charge in [0, 0.05) is 6.07 Å². The first-order chi connectivity index (χ1) is 10.7. The number of unbranched alkanes of at least 4 members (excludes halogenated alkanes) is 7. The van der Waals surface area contributed by atoms with Crippen LogP contribution in [0.3, 0.4) is 0 Å². The maximum absolute atomic E-state index is 10.3. The maximum atomic E-state index is 10.3. The molecule has 3 heteroatoms. The lowest BCUT2D eigenvalue weighted by Gasteiger charge is -2.14. The molecule has 0 bridgehead atoms. The smallest absolute Gasteiger partial charge is 0.122 e. The van der Waals surface area contributed by atoms with Crippen LogP contribution in [-0.4, -0.2) is 19.3 Å². The fourth-order valence-electron chi connectivity index (χ4n) is 2.66. The Morgan fingerprint density at radius 2 is 1.32 bits per heavy atom. The average Bonchev–Trinajstić information content (AvgIpc) is 2.56. The molecule has 1 unspecified atom stereocenters. The van der Waals surface area contributed by atoms with E-state index >= 15 is 0 Å². The summed E-state index contributed by atoms with van der Waals surface area (Å²) in [6.07, 6.45) is 10.6. The van der Waals surface area contributed by atoms with Gasteiger partial charge < -0.3 is 14.6 Å². The maximum Gasteiger partial charge on any atom is 0.122 e. The molecule has 0 amide bonds. The van der Waals surface area contributed by atoms with Gasteiger partial charge in [0.15, 0.2) is 0 Å². The fraction of sp³-hybridized carbons (Fsp3) is 0.684. The van der Waals surface area contributed by atoms with Crippen LogP contribution in [0.25, 0.3) is 0 Å². The van der Waals surface area contributed by atoms with E-state index in [2.05, 4.69) is 6.92 Å². The van der Waals surface area contributed by atoms with Gasteiger partial charge in [0.05, 0.1) is 20.3 Å². The Morgan fingerprint density at radius 3 is 1.82 bits per heavy atom. The number of methoxy groups -OCH3 is 2. The topological polar surface area (TPSA) is 38.7 Å². The van der Waals surface area contributed by atoms with Crippen LogP contribution in [0.2, 0.25) is 0 Å². The van der Waals surface area contributed by atoms with Gasteiger partial charge >= 0.3 is 0 Å². The van der Waals surface area contributed by atoms with Crippen LogP contribution in [0.1, 0.15) is 76.4 Å². The standard InChI is InChI=1S/C19H32O3/c1-4-5-6-7-8-9-10-11-12-19(20)16-13-17(21-2)15-18(14-16)22-3/h13-15,19-20H,4-12H2,1-3H3. The van der Waals surface area contributed by atoms with Crippen molar-refractivity contribution in [2.24, 2.45) is 0 Å². The Balaban J connectivity index is 2.28. The number of ether oxygens (including phenoxy) is 2. The predicted molar refractivity (Wildman–Crippen MR) is 91.7 cm³/mol. The zero-order valence-electron chi connectivity index (χ0n) is 14.4. The molecule has 0 fully saturated rings. The number of rotatable bonds is 12. The Kier molecular flexibility index (Phi) is 9.72. The van der Waals surface area contributed by atoms with E-state index < -0.39 is 6.10 Å². The summed E-state index contributed by atoms with van der Waals surface area (Å²) in [7, 11) is 3.26. The molecule has 0 saturated carbocycles. The van der Waals surface area contributed by atoms with Gasteiger partial charge in [-0.1, -0.05) is 58.3 Å². The lowest BCUT2D eigenvalue weighted by atomic mass is 10.0. The van der Waals surface area contributed by atoms with Crippen molar-refractivity contribution in [3.05, 3.63) is 23.8 Å². The van der Waals surface area contributed by atoms with Gasteiger partial charge in [0.25, 0.3) is 0 Å². The molecule has 0 aliphatic heterocycles. The van der Waals surface area contributed by atoms with Crippen molar-refractivity contribution in [2.45, 2.75) is 70.8 Å². The van der Waals surface area contributed by atoms with E-state index in [0.29, 0.717) is 0 Å². The van der Waals surface area contributed by atoms with Crippen LogP contribution in [0.5, 0.6) is 11.5 Å². The van der Waals surface area contributed by atoms with Gasteiger partial charge in [-0.15, -0.1) is 0 Å². The highest BCUT2D eigenvalue weighted by Gasteiger charge is 2.10. The first-order valence-corrected chi connectivity index (χ1v) is 8.62. The number of hydrogen-bond donors (Lipinski definition) is 1. The summed E-state index contributed by atoms with van der Waals surface area (Å²) in [5, 5.41) is 10.3. The fourth-order valence-corrected chi connectivity index (χ4v) is 2.66. The molecule has 22 heavy (non-hydrogen) atoms. The third-order valence-corrected chi connectivity index (χ3v) is 4.09. The number of aliphatic hydroxyl groups excluding tert-OH is 1. The minimum absolute atomic E-state index is 0.441. The third-order valence-electron chi connectivity index (χ3n) is 4.09. The van der Waals surface area contributed by atoms with Crippen molar-refractivity contribution in [1.29, 1.82) is 0 Å². The van der Waals surface area contributed by atoms with Crippen LogP contribution in [0, 0.1) is 0 Å². The number of benzene rings is 1. The van der Waals surface area contributed by atoms with Crippen molar-refractivity contribution in [3.8, 4) is 11.5 Å². The van der Waals surface area contributed by atoms with Crippen LogP contribution in [-0.2, 0) is 0 Å². The van der Waals surface area contributed by atoms with Crippen molar-refractivity contribution in [3.63, 3.8) is 0 Å². The molecule has 0 aliphatic rings. The summed E-state index contributed by atoms with van der Waals surface area (Å²) in [6, 6.07) is 5.60. The molecule has 0 saturated heterocycles. The Morgan fingerprint density at radius 1 is 0.818 bits per heavy atom. The summed E-state index contributed by atoms with van der Waals surface area (Å²) in [5.41, 5.74) is 0.874. The van der Waals surface area contributed by atoms with Crippen LogP contribution < -0.4 is 9.47 Å². The Labute approximate surface area is 135 Å². The highest BCUT2D eigenvalue weighted by Crippen LogP contribution is 2.29. The van der Waals surface area contributed by atoms with Gasteiger partial charge in [-0.25, -0.2) is 0 Å². The SMILES string of the molecule is CCCCCCCCCCC(O)c1cc(OC)cc(OC)c1. The van der Waals surface area contributed by atoms with E-state index in [4.69, 9.17) is 9.47 Å². The van der Waals surface area contributed by atoms with Crippen molar-refractivity contribution in [2.75, 3.05) is 14.2 Å². The molecule has 1 aromatic carbocycles. The predicted octanol–water partition coefficient (Wildman–Crippen LogP) is 5.27. The van der Waals surface area contributed by atoms with Gasteiger partial charge in [0.2, 0.25) is 0 Å². The Bertz CT molecular complexity index is 381. The molecule has 1 atom stereocenters. The molecule has 1 rings (SSSR count). The zero-order chi connectivity index (χ0) is 16.2. The monoisotopic (exact) mass is 308 g/mol. The molecule has 0 heterocycles. The van der Waals surface area contributed by atoms with Crippen LogP contribution in [0.4, 0.5) is 0 Å². The first kappa shape index (κ1) is 18.8. The normalized spacial score (nSPS) is 12.2. The molecule has 0 spiro atoms. The zero-order valence-corrected chi connectivity index (χ0v) is 14.4. The average molecular weight is 308 g/mol. The van der Waals surface area contributed by atoms with Crippen molar-refractivity contribution in [1.82, 2.24) is 0 Å². The molecule has 0 aromatic heterocycles. The summed E-state index contributed by atoms with van der Waals surface area (Å²) in [5.74, 6) is 1.45. The van der Waals surface area contributed by atoms with E-state index in [0.717, 1.165) is 29.9 Å². The number of hydrogen-bond acceptors (Lipinski definition) is 3. The van der Waals surface area contributed by atoms with E-state index in [-0.39, 0.29) is 0 Å². The minimum Gasteiger partial charge on any atom is -0.497 e. The number of aliphatic hydroxyl groups is 1. The summed E-state index contributed by atoms with van der Waals surface area (Å²) < 4.78 is 10.5. The molecule has 0 aliphatic carbocycles. The van der Waals surface area contributed by atoms with Gasteiger partial charge in [-0.05, 0) is 24.1 Å². The third kappa shape index (κ3) is 7.17. The molecular weight excluding hydrogens is 276 g/mol. The van der Waals surface area contributed by atoms with E-state index in [1.54, 1.807) is 14.2 Å². The highest BCUT2D eigenvalue weighted by atomic mass is 16.5. The lowest BCUT2D eigenvalue weighted by Crippen LogP contribution is -1.99. The Hall–Kier alpha value is -1.22. The van der Waals surface area contributed by atoms with Gasteiger partial charge in [-0.3, -0.25) is 0 Å².